The number of nitrogens with zero attached hydrogens (tertiary/aromatic N) is 3. The fourth-order valence-electron chi connectivity index (χ4n) is 2.75. The van der Waals surface area contributed by atoms with Gasteiger partial charge in [-0.3, -0.25) is 4.57 Å². The van der Waals surface area contributed by atoms with E-state index in [2.05, 4.69) is 51.2 Å². The third-order valence-corrected chi connectivity index (χ3v) is 6.50. The molecule has 0 fully saturated rings. The van der Waals surface area contributed by atoms with Crippen LogP contribution in [-0.2, 0) is 11.5 Å². The highest BCUT2D eigenvalue weighted by Gasteiger charge is 2.15. The number of hydrogen-bond acceptors (Lipinski definition) is 4. The Balaban J connectivity index is 1.59. The van der Waals surface area contributed by atoms with Gasteiger partial charge in [-0.25, -0.2) is 0 Å². The molecule has 0 N–H and O–H groups in total. The van der Waals surface area contributed by atoms with Crippen LogP contribution < -0.4 is 0 Å². The highest BCUT2D eigenvalue weighted by Crippen LogP contribution is 2.30. The van der Waals surface area contributed by atoms with Crippen molar-refractivity contribution >= 4 is 35.1 Å². The van der Waals surface area contributed by atoms with Crippen molar-refractivity contribution in [2.24, 2.45) is 0 Å². The van der Waals surface area contributed by atoms with E-state index in [9.17, 15) is 0 Å². The summed E-state index contributed by atoms with van der Waals surface area (Å²) in [7, 11) is 0. The summed E-state index contributed by atoms with van der Waals surface area (Å²) < 4.78 is 2.14. The lowest BCUT2D eigenvalue weighted by molar-refractivity contribution is 0.864. The molecule has 28 heavy (non-hydrogen) atoms. The zero-order valence-corrected chi connectivity index (χ0v) is 17.4. The third kappa shape index (κ3) is 4.61. The van der Waals surface area contributed by atoms with Gasteiger partial charge in [-0.1, -0.05) is 78.0 Å². The van der Waals surface area contributed by atoms with Gasteiger partial charge in [0.05, 0.1) is 5.75 Å². The third-order valence-electron chi connectivity index (χ3n) is 4.14. The summed E-state index contributed by atoms with van der Waals surface area (Å²) in [6.45, 7) is 0. The predicted octanol–water partition coefficient (Wildman–Crippen LogP) is 6.51. The number of halogens is 1. The van der Waals surface area contributed by atoms with Gasteiger partial charge in [0.25, 0.3) is 0 Å². The van der Waals surface area contributed by atoms with Crippen LogP contribution >= 0.6 is 35.1 Å². The number of benzene rings is 3. The minimum absolute atomic E-state index is 0.746. The van der Waals surface area contributed by atoms with Gasteiger partial charge in [-0.15, -0.1) is 22.0 Å². The molecule has 1 aromatic heterocycles. The van der Waals surface area contributed by atoms with Crippen molar-refractivity contribution in [1.29, 1.82) is 0 Å². The van der Waals surface area contributed by atoms with Crippen LogP contribution in [0, 0.1) is 0 Å². The van der Waals surface area contributed by atoms with Crippen molar-refractivity contribution in [3.8, 4) is 5.69 Å². The molecule has 4 rings (SSSR count). The van der Waals surface area contributed by atoms with Crippen molar-refractivity contribution in [1.82, 2.24) is 14.8 Å². The SMILES string of the molecule is Clc1ccccc1CSc1nnc(CSc2ccccc2)n1-c1ccccc1. The molecule has 0 aliphatic carbocycles. The largest absolute Gasteiger partial charge is 0.273 e. The maximum atomic E-state index is 6.31. The number of aromatic nitrogens is 3. The monoisotopic (exact) mass is 423 g/mol. The molecule has 0 unspecified atom stereocenters. The van der Waals surface area contributed by atoms with E-state index in [0.29, 0.717) is 0 Å². The highest BCUT2D eigenvalue weighted by atomic mass is 35.5. The summed E-state index contributed by atoms with van der Waals surface area (Å²) in [5, 5.41) is 10.6. The Bertz CT molecular complexity index is 1040. The molecular weight excluding hydrogens is 406 g/mol. The first-order valence-corrected chi connectivity index (χ1v) is 11.2. The van der Waals surface area contributed by atoms with E-state index in [4.69, 9.17) is 11.6 Å². The Morgan fingerprint density at radius 3 is 2.14 bits per heavy atom. The van der Waals surface area contributed by atoms with Crippen molar-refractivity contribution in [3.05, 3.63) is 101 Å². The van der Waals surface area contributed by atoms with Crippen molar-refractivity contribution in [2.45, 2.75) is 21.6 Å². The Kier molecular flexibility index (Phi) is 6.37. The van der Waals surface area contributed by atoms with Gasteiger partial charge < -0.3 is 0 Å². The van der Waals surface area contributed by atoms with Gasteiger partial charge in [0, 0.05) is 21.4 Å². The molecule has 1 heterocycles. The summed E-state index contributed by atoms with van der Waals surface area (Å²) in [6, 6.07) is 28.5. The molecule has 3 aromatic carbocycles. The standard InChI is InChI=1S/C22H18ClN3S2/c23-20-14-8-7-9-17(20)15-28-22-25-24-21(16-27-19-12-5-2-6-13-19)26(22)18-10-3-1-4-11-18/h1-14H,15-16H2. The van der Waals surface area contributed by atoms with E-state index in [1.54, 1.807) is 23.5 Å². The van der Waals surface area contributed by atoms with E-state index >= 15 is 0 Å². The maximum absolute atomic E-state index is 6.31. The molecular formula is C22H18ClN3S2. The fraction of sp³-hybridized carbons (Fsp3) is 0.0909. The molecule has 0 aliphatic heterocycles. The highest BCUT2D eigenvalue weighted by molar-refractivity contribution is 7.98. The molecule has 0 radical (unpaired) electrons. The lowest BCUT2D eigenvalue weighted by Gasteiger charge is -2.10. The summed E-state index contributed by atoms with van der Waals surface area (Å²) in [5.74, 6) is 2.43. The number of para-hydroxylation sites is 1. The van der Waals surface area contributed by atoms with Crippen molar-refractivity contribution in [2.75, 3.05) is 0 Å². The van der Waals surface area contributed by atoms with Crippen LogP contribution in [0.25, 0.3) is 5.69 Å². The van der Waals surface area contributed by atoms with E-state index in [0.717, 1.165) is 38.8 Å². The number of hydrogen-bond donors (Lipinski definition) is 0. The normalized spacial score (nSPS) is 10.9. The number of thioether (sulfide) groups is 2. The Hall–Kier alpha value is -2.21. The molecule has 3 nitrogen and oxygen atoms in total. The van der Waals surface area contributed by atoms with Crippen LogP contribution in [0.3, 0.4) is 0 Å². The zero-order chi connectivity index (χ0) is 19.2. The molecule has 0 saturated heterocycles. The average Bonchev–Trinajstić information content (AvgIpc) is 3.16. The molecule has 0 spiro atoms. The lowest BCUT2D eigenvalue weighted by Crippen LogP contribution is -2.02. The molecule has 0 amide bonds. The van der Waals surface area contributed by atoms with Crippen LogP contribution in [0.4, 0.5) is 0 Å². The van der Waals surface area contributed by atoms with Crippen molar-refractivity contribution < 1.29 is 0 Å². The van der Waals surface area contributed by atoms with Gasteiger partial charge in [0.15, 0.2) is 5.16 Å². The Morgan fingerprint density at radius 2 is 1.39 bits per heavy atom. The van der Waals surface area contributed by atoms with E-state index in [1.165, 1.54) is 4.90 Å². The first-order valence-electron chi connectivity index (χ1n) is 8.85. The summed E-state index contributed by atoms with van der Waals surface area (Å²) in [4.78, 5) is 1.22. The molecule has 0 aliphatic rings. The second-order valence-corrected chi connectivity index (χ2v) is 8.45. The van der Waals surface area contributed by atoms with Gasteiger partial charge in [-0.05, 0) is 35.9 Å². The Labute approximate surface area is 178 Å². The van der Waals surface area contributed by atoms with Crippen LogP contribution in [0.15, 0.2) is 95.0 Å². The smallest absolute Gasteiger partial charge is 0.196 e. The molecule has 6 heteroatoms. The Morgan fingerprint density at radius 1 is 0.714 bits per heavy atom. The molecule has 0 atom stereocenters. The molecule has 0 bridgehead atoms. The fourth-order valence-corrected chi connectivity index (χ4v) is 4.83. The molecule has 0 saturated carbocycles. The second kappa shape index (κ2) is 9.32. The lowest BCUT2D eigenvalue weighted by atomic mass is 10.2. The average molecular weight is 424 g/mol. The maximum Gasteiger partial charge on any atom is 0.196 e. The van der Waals surface area contributed by atoms with Gasteiger partial charge in [-0.2, -0.15) is 0 Å². The van der Waals surface area contributed by atoms with Gasteiger partial charge in [0.2, 0.25) is 0 Å². The first-order chi connectivity index (χ1) is 13.8. The van der Waals surface area contributed by atoms with Crippen molar-refractivity contribution in [3.63, 3.8) is 0 Å². The minimum Gasteiger partial charge on any atom is -0.273 e. The van der Waals surface area contributed by atoms with Crippen LogP contribution in [0.5, 0.6) is 0 Å². The van der Waals surface area contributed by atoms with Crippen LogP contribution in [-0.4, -0.2) is 14.8 Å². The second-order valence-electron chi connectivity index (χ2n) is 6.05. The molecule has 140 valence electrons. The first kappa shape index (κ1) is 19.1. The van der Waals surface area contributed by atoms with Gasteiger partial charge in [0.1, 0.15) is 5.82 Å². The summed E-state index contributed by atoms with van der Waals surface area (Å²) in [5.41, 5.74) is 2.16. The predicted molar refractivity (Wildman–Crippen MR) is 118 cm³/mol. The number of rotatable bonds is 7. The topological polar surface area (TPSA) is 30.7 Å². The van der Waals surface area contributed by atoms with E-state index < -0.39 is 0 Å². The molecule has 4 aromatic rings. The van der Waals surface area contributed by atoms with Crippen LogP contribution in [0.2, 0.25) is 5.02 Å². The van der Waals surface area contributed by atoms with Gasteiger partial charge >= 0.3 is 0 Å². The zero-order valence-electron chi connectivity index (χ0n) is 15.0. The summed E-state index contributed by atoms with van der Waals surface area (Å²) in [6.07, 6.45) is 0. The van der Waals surface area contributed by atoms with E-state index in [1.807, 2.05) is 48.5 Å². The van der Waals surface area contributed by atoms with E-state index in [-0.39, 0.29) is 0 Å². The van der Waals surface area contributed by atoms with Crippen LogP contribution in [0.1, 0.15) is 11.4 Å². The quantitative estimate of drug-likeness (QED) is 0.317. The minimum atomic E-state index is 0.746. The summed E-state index contributed by atoms with van der Waals surface area (Å²) >= 11 is 9.72.